The van der Waals surface area contributed by atoms with Crippen LogP contribution in [0.2, 0.25) is 0 Å². The van der Waals surface area contributed by atoms with E-state index in [2.05, 4.69) is 0 Å². The molecule has 0 heterocycles. The Hall–Kier alpha value is -1.78. The van der Waals surface area contributed by atoms with E-state index >= 15 is 0 Å². The molecular weight excluding hydrogens is 192 g/mol. The normalized spacial score (nSPS) is 9.57. The lowest BCUT2D eigenvalue weighted by molar-refractivity contribution is -0.124. The molecule has 74 valence electrons. The van der Waals surface area contributed by atoms with Gasteiger partial charge in [-0.1, -0.05) is 0 Å². The molecule has 0 saturated heterocycles. The first-order chi connectivity index (χ1) is 6.61. The van der Waals surface area contributed by atoms with E-state index in [0.29, 0.717) is 6.07 Å². The molecule has 0 bridgehead atoms. The Morgan fingerprint density at radius 2 is 1.86 bits per heavy atom. The third-order valence-electron chi connectivity index (χ3n) is 1.51. The van der Waals surface area contributed by atoms with Crippen LogP contribution in [-0.4, -0.2) is 12.3 Å². The Morgan fingerprint density at radius 3 is 2.36 bits per heavy atom. The standard InChI is InChI=1S/C9H7F2NO2/c10-7-1-6(2-8(11)4-7)3-9(14)12-5-13/h1-2,4-5H,3H2,(H,12,13,14). The van der Waals surface area contributed by atoms with Gasteiger partial charge in [0.1, 0.15) is 11.6 Å². The SMILES string of the molecule is O=CNC(=O)Cc1cc(F)cc(F)c1. The van der Waals surface area contributed by atoms with Crippen molar-refractivity contribution < 1.29 is 18.4 Å². The fraction of sp³-hybridized carbons (Fsp3) is 0.111. The molecule has 0 atom stereocenters. The summed E-state index contributed by atoms with van der Waals surface area (Å²) in [4.78, 5) is 20.7. The number of carbonyl (C=O) groups excluding carboxylic acids is 2. The topological polar surface area (TPSA) is 46.2 Å². The summed E-state index contributed by atoms with van der Waals surface area (Å²) in [6.07, 6.45) is -0.00852. The largest absolute Gasteiger partial charge is 0.299 e. The van der Waals surface area contributed by atoms with E-state index in [1.807, 2.05) is 5.32 Å². The maximum absolute atomic E-state index is 12.6. The van der Waals surface area contributed by atoms with Crippen molar-refractivity contribution in [3.8, 4) is 0 Å². The highest BCUT2D eigenvalue weighted by atomic mass is 19.1. The van der Waals surface area contributed by atoms with Crippen molar-refractivity contribution in [1.82, 2.24) is 5.32 Å². The second-order valence-electron chi connectivity index (χ2n) is 2.64. The van der Waals surface area contributed by atoms with E-state index in [4.69, 9.17) is 0 Å². The maximum Gasteiger partial charge on any atom is 0.230 e. The number of hydrogen-bond acceptors (Lipinski definition) is 2. The highest BCUT2D eigenvalue weighted by Gasteiger charge is 2.05. The van der Waals surface area contributed by atoms with Crippen LogP contribution < -0.4 is 5.32 Å². The minimum absolute atomic E-state index is 0.182. The number of halogens is 2. The first kappa shape index (κ1) is 10.3. The van der Waals surface area contributed by atoms with Crippen molar-refractivity contribution >= 4 is 12.3 Å². The maximum atomic E-state index is 12.6. The minimum Gasteiger partial charge on any atom is -0.299 e. The monoisotopic (exact) mass is 199 g/mol. The molecule has 1 N–H and O–H groups in total. The number of hydrogen-bond donors (Lipinski definition) is 1. The summed E-state index contributed by atoms with van der Waals surface area (Å²) in [5, 5.41) is 1.87. The number of rotatable bonds is 3. The molecule has 0 aliphatic rings. The van der Waals surface area contributed by atoms with E-state index in [1.54, 1.807) is 0 Å². The number of benzene rings is 1. The third-order valence-corrected chi connectivity index (χ3v) is 1.51. The summed E-state index contributed by atoms with van der Waals surface area (Å²) in [6.45, 7) is 0. The van der Waals surface area contributed by atoms with Crippen molar-refractivity contribution in [3.05, 3.63) is 35.4 Å². The fourth-order valence-electron chi connectivity index (χ4n) is 1.02. The lowest BCUT2D eigenvalue weighted by Gasteiger charge is -2.00. The molecule has 0 aliphatic heterocycles. The molecule has 2 amide bonds. The van der Waals surface area contributed by atoms with Crippen molar-refractivity contribution in [3.63, 3.8) is 0 Å². The van der Waals surface area contributed by atoms with Crippen molar-refractivity contribution in [1.29, 1.82) is 0 Å². The van der Waals surface area contributed by atoms with Gasteiger partial charge in [0.15, 0.2) is 0 Å². The van der Waals surface area contributed by atoms with Gasteiger partial charge in [-0.25, -0.2) is 8.78 Å². The predicted molar refractivity (Wildman–Crippen MR) is 44.3 cm³/mol. The molecule has 0 unspecified atom stereocenters. The quantitative estimate of drug-likeness (QED) is 0.731. The molecule has 5 heteroatoms. The second kappa shape index (κ2) is 4.45. The number of carbonyl (C=O) groups is 2. The van der Waals surface area contributed by atoms with Crippen LogP contribution in [-0.2, 0) is 16.0 Å². The highest BCUT2D eigenvalue weighted by molar-refractivity contribution is 5.87. The summed E-state index contributed by atoms with van der Waals surface area (Å²) in [5.41, 5.74) is 0.182. The van der Waals surface area contributed by atoms with E-state index in [0.717, 1.165) is 12.1 Å². The summed E-state index contributed by atoms with van der Waals surface area (Å²) in [5.74, 6) is -2.11. The average molecular weight is 199 g/mol. The molecule has 1 rings (SSSR count). The van der Waals surface area contributed by atoms with Crippen molar-refractivity contribution in [2.24, 2.45) is 0 Å². The smallest absolute Gasteiger partial charge is 0.230 e. The van der Waals surface area contributed by atoms with Gasteiger partial charge in [-0.3, -0.25) is 14.9 Å². The molecule has 14 heavy (non-hydrogen) atoms. The lowest BCUT2D eigenvalue weighted by atomic mass is 10.1. The average Bonchev–Trinajstić information content (AvgIpc) is 2.01. The van der Waals surface area contributed by atoms with Crippen molar-refractivity contribution in [2.75, 3.05) is 0 Å². The van der Waals surface area contributed by atoms with Crippen LogP contribution in [0.5, 0.6) is 0 Å². The molecule has 1 aromatic rings. The van der Waals surface area contributed by atoms with Gasteiger partial charge in [-0.2, -0.15) is 0 Å². The van der Waals surface area contributed by atoms with Crippen LogP contribution in [0.25, 0.3) is 0 Å². The van der Waals surface area contributed by atoms with Gasteiger partial charge in [-0.05, 0) is 17.7 Å². The first-order valence-electron chi connectivity index (χ1n) is 3.80. The molecule has 3 nitrogen and oxygen atoms in total. The predicted octanol–water partition coefficient (Wildman–Crippen LogP) is 0.780. The van der Waals surface area contributed by atoms with Crippen LogP contribution >= 0.6 is 0 Å². The van der Waals surface area contributed by atoms with Gasteiger partial charge in [0, 0.05) is 6.07 Å². The zero-order chi connectivity index (χ0) is 10.6. The highest BCUT2D eigenvalue weighted by Crippen LogP contribution is 2.08. The third kappa shape index (κ3) is 2.93. The molecule has 0 radical (unpaired) electrons. The summed E-state index contributed by atoms with van der Waals surface area (Å²) >= 11 is 0. The molecule has 0 fully saturated rings. The molecule has 0 spiro atoms. The molecule has 1 aromatic carbocycles. The number of nitrogens with one attached hydrogen (secondary N) is 1. The zero-order valence-corrected chi connectivity index (χ0v) is 7.09. The van der Waals surface area contributed by atoms with E-state index in [1.165, 1.54) is 0 Å². The van der Waals surface area contributed by atoms with E-state index in [9.17, 15) is 18.4 Å². The Labute approximate surface area is 78.7 Å². The van der Waals surface area contributed by atoms with Gasteiger partial charge >= 0.3 is 0 Å². The Bertz CT molecular complexity index is 346. The van der Waals surface area contributed by atoms with Gasteiger partial charge in [0.05, 0.1) is 6.42 Å². The number of imide groups is 1. The van der Waals surface area contributed by atoms with Crippen LogP contribution in [0.15, 0.2) is 18.2 Å². The summed E-state index contributed by atoms with van der Waals surface area (Å²) < 4.78 is 25.2. The Morgan fingerprint density at radius 1 is 1.29 bits per heavy atom. The Kier molecular flexibility index (Phi) is 3.28. The van der Waals surface area contributed by atoms with Crippen molar-refractivity contribution in [2.45, 2.75) is 6.42 Å². The van der Waals surface area contributed by atoms with Gasteiger partial charge in [-0.15, -0.1) is 0 Å². The van der Waals surface area contributed by atoms with Crippen LogP contribution in [0.1, 0.15) is 5.56 Å². The first-order valence-corrected chi connectivity index (χ1v) is 3.80. The zero-order valence-electron chi connectivity index (χ0n) is 7.09. The van der Waals surface area contributed by atoms with E-state index < -0.39 is 17.5 Å². The van der Waals surface area contributed by atoms with Crippen LogP contribution in [0.3, 0.4) is 0 Å². The van der Waals surface area contributed by atoms with Gasteiger partial charge in [0.25, 0.3) is 0 Å². The van der Waals surface area contributed by atoms with Crippen LogP contribution in [0, 0.1) is 11.6 Å². The van der Waals surface area contributed by atoms with E-state index in [-0.39, 0.29) is 18.4 Å². The fourth-order valence-corrected chi connectivity index (χ4v) is 1.02. The van der Waals surface area contributed by atoms with Gasteiger partial charge in [0.2, 0.25) is 12.3 Å². The second-order valence-corrected chi connectivity index (χ2v) is 2.64. The minimum atomic E-state index is -0.751. The Balaban J connectivity index is 2.76. The molecular formula is C9H7F2NO2. The molecule has 0 aliphatic carbocycles. The molecule has 0 aromatic heterocycles. The summed E-state index contributed by atoms with van der Waals surface area (Å²) in [6, 6.07) is 2.78. The summed E-state index contributed by atoms with van der Waals surface area (Å²) in [7, 11) is 0. The van der Waals surface area contributed by atoms with Crippen LogP contribution in [0.4, 0.5) is 8.78 Å². The lowest BCUT2D eigenvalue weighted by Crippen LogP contribution is -2.23. The molecule has 0 saturated carbocycles. The van der Waals surface area contributed by atoms with Gasteiger partial charge < -0.3 is 0 Å². The number of amides is 2.